The van der Waals surface area contributed by atoms with Gasteiger partial charge in [0.1, 0.15) is 12.1 Å². The summed E-state index contributed by atoms with van der Waals surface area (Å²) < 4.78 is 8.15. The number of rotatable bonds is 2. The maximum Gasteiger partial charge on any atom is 0.228 e. The summed E-state index contributed by atoms with van der Waals surface area (Å²) in [7, 11) is 0. The topological polar surface area (TPSA) is 52.3 Å². The SMILES string of the molecule is Cc1ccc(-c2nc3c4c(ncn3n2)Oc2ccc3ccccc3c2[C@H]4c2ccccc2)cc1. The highest BCUT2D eigenvalue weighted by Gasteiger charge is 2.34. The molecule has 1 atom stereocenters. The summed E-state index contributed by atoms with van der Waals surface area (Å²) in [5.41, 5.74) is 6.16. The average Bonchev–Trinajstić information content (AvgIpc) is 3.33. The molecule has 3 heterocycles. The molecular weight excluding hydrogens is 420 g/mol. The van der Waals surface area contributed by atoms with Gasteiger partial charge in [-0.05, 0) is 29.3 Å². The second-order valence-corrected chi connectivity index (χ2v) is 8.68. The zero-order valence-electron chi connectivity index (χ0n) is 18.5. The lowest BCUT2D eigenvalue weighted by Gasteiger charge is -2.29. The van der Waals surface area contributed by atoms with Crippen LogP contribution in [0, 0.1) is 6.92 Å². The first kappa shape index (κ1) is 19.0. The van der Waals surface area contributed by atoms with Gasteiger partial charge in [0, 0.05) is 17.0 Å². The molecule has 7 rings (SSSR count). The number of benzene rings is 4. The first-order chi connectivity index (χ1) is 16.8. The molecule has 0 N–H and O–H groups in total. The quantitative estimate of drug-likeness (QED) is 0.306. The number of nitrogens with zero attached hydrogens (tertiary/aromatic N) is 4. The van der Waals surface area contributed by atoms with E-state index in [1.54, 1.807) is 10.8 Å². The van der Waals surface area contributed by atoms with Crippen molar-refractivity contribution in [2.75, 3.05) is 0 Å². The Balaban J connectivity index is 1.53. The van der Waals surface area contributed by atoms with Gasteiger partial charge >= 0.3 is 0 Å². The monoisotopic (exact) mass is 440 g/mol. The number of fused-ring (bicyclic) bond motifs is 6. The van der Waals surface area contributed by atoms with Crippen molar-refractivity contribution >= 4 is 16.4 Å². The lowest BCUT2D eigenvalue weighted by Crippen LogP contribution is -2.15. The smallest absolute Gasteiger partial charge is 0.228 e. The Morgan fingerprint density at radius 2 is 1.59 bits per heavy atom. The van der Waals surface area contributed by atoms with E-state index in [4.69, 9.17) is 14.8 Å². The summed E-state index contributed by atoms with van der Waals surface area (Å²) in [6.07, 6.45) is 1.69. The van der Waals surface area contributed by atoms with Crippen LogP contribution >= 0.6 is 0 Å². The highest BCUT2D eigenvalue weighted by Crippen LogP contribution is 2.50. The van der Waals surface area contributed by atoms with E-state index in [0.717, 1.165) is 28.1 Å². The molecule has 1 aliphatic rings. The van der Waals surface area contributed by atoms with Crippen LogP contribution in [0.4, 0.5) is 0 Å². The predicted molar refractivity (Wildman–Crippen MR) is 132 cm³/mol. The van der Waals surface area contributed by atoms with Crippen molar-refractivity contribution in [3.8, 4) is 23.0 Å². The highest BCUT2D eigenvalue weighted by atomic mass is 16.5. The van der Waals surface area contributed by atoms with Crippen molar-refractivity contribution in [3.63, 3.8) is 0 Å². The maximum absolute atomic E-state index is 6.38. The second-order valence-electron chi connectivity index (χ2n) is 8.68. The van der Waals surface area contributed by atoms with Crippen molar-refractivity contribution in [1.29, 1.82) is 0 Å². The maximum atomic E-state index is 6.38. The van der Waals surface area contributed by atoms with E-state index in [1.807, 2.05) is 12.1 Å². The minimum absolute atomic E-state index is 0.0858. The van der Waals surface area contributed by atoms with E-state index in [-0.39, 0.29) is 5.92 Å². The molecule has 0 saturated carbocycles. The molecule has 4 aromatic carbocycles. The normalized spacial score (nSPS) is 14.6. The minimum Gasteiger partial charge on any atom is -0.438 e. The first-order valence-corrected chi connectivity index (χ1v) is 11.3. The van der Waals surface area contributed by atoms with Crippen LogP contribution in [-0.2, 0) is 0 Å². The number of aryl methyl sites for hydroxylation is 1. The molecule has 5 nitrogen and oxygen atoms in total. The van der Waals surface area contributed by atoms with Crippen LogP contribution in [0.3, 0.4) is 0 Å². The van der Waals surface area contributed by atoms with Crippen LogP contribution in [0.25, 0.3) is 27.8 Å². The van der Waals surface area contributed by atoms with Crippen LogP contribution in [-0.4, -0.2) is 19.6 Å². The fourth-order valence-electron chi connectivity index (χ4n) is 4.91. The molecule has 1 aliphatic heterocycles. The summed E-state index contributed by atoms with van der Waals surface area (Å²) in [5.74, 6) is 1.99. The first-order valence-electron chi connectivity index (χ1n) is 11.3. The van der Waals surface area contributed by atoms with Crippen LogP contribution in [0.1, 0.15) is 28.2 Å². The summed E-state index contributed by atoms with van der Waals surface area (Å²) in [5, 5.41) is 7.10. The van der Waals surface area contributed by atoms with Gasteiger partial charge in [0.15, 0.2) is 11.5 Å². The van der Waals surface area contributed by atoms with E-state index in [2.05, 4.69) is 90.8 Å². The molecule has 5 heteroatoms. The molecule has 34 heavy (non-hydrogen) atoms. The second kappa shape index (κ2) is 7.25. The minimum atomic E-state index is -0.0858. The molecule has 0 spiro atoms. The number of hydrogen-bond acceptors (Lipinski definition) is 4. The van der Waals surface area contributed by atoms with E-state index >= 15 is 0 Å². The highest BCUT2D eigenvalue weighted by molar-refractivity contribution is 5.90. The Kier molecular flexibility index (Phi) is 4.05. The average molecular weight is 441 g/mol. The van der Waals surface area contributed by atoms with Crippen LogP contribution in [0.2, 0.25) is 0 Å². The van der Waals surface area contributed by atoms with Gasteiger partial charge in [-0.25, -0.2) is 14.5 Å². The number of aromatic nitrogens is 4. The zero-order chi connectivity index (χ0) is 22.6. The lowest BCUT2D eigenvalue weighted by molar-refractivity contribution is 0.433. The molecule has 0 amide bonds. The molecule has 0 aliphatic carbocycles. The van der Waals surface area contributed by atoms with Crippen LogP contribution in [0.5, 0.6) is 11.6 Å². The Morgan fingerprint density at radius 1 is 0.794 bits per heavy atom. The number of hydrogen-bond donors (Lipinski definition) is 0. The van der Waals surface area contributed by atoms with E-state index < -0.39 is 0 Å². The van der Waals surface area contributed by atoms with E-state index in [1.165, 1.54) is 21.9 Å². The van der Waals surface area contributed by atoms with Crippen molar-refractivity contribution in [2.45, 2.75) is 12.8 Å². The van der Waals surface area contributed by atoms with Gasteiger partial charge in [-0.1, -0.05) is 90.5 Å². The third kappa shape index (κ3) is 2.83. The molecule has 162 valence electrons. The van der Waals surface area contributed by atoms with Gasteiger partial charge in [-0.3, -0.25) is 0 Å². The van der Waals surface area contributed by atoms with Crippen molar-refractivity contribution in [1.82, 2.24) is 19.6 Å². The summed E-state index contributed by atoms with van der Waals surface area (Å²) >= 11 is 0. The Hall–Kier alpha value is -4.51. The third-order valence-electron chi connectivity index (χ3n) is 6.54. The predicted octanol–water partition coefficient (Wildman–Crippen LogP) is 6.54. The molecule has 0 radical (unpaired) electrons. The lowest BCUT2D eigenvalue weighted by atomic mass is 9.81. The standard InChI is InChI=1S/C29H20N4O/c1-18-11-13-21(14-12-18)27-31-28-26-24(20-8-3-2-4-9-20)25-22-10-6-5-7-19(22)15-16-23(25)34-29(26)30-17-33(28)32-27/h2-17,24H,1H3/t24-/m1/s1. The Morgan fingerprint density at radius 3 is 2.44 bits per heavy atom. The van der Waals surface area contributed by atoms with Crippen LogP contribution in [0.15, 0.2) is 97.3 Å². The number of ether oxygens (including phenoxy) is 1. The summed E-state index contributed by atoms with van der Waals surface area (Å²) in [6.45, 7) is 2.07. The fourth-order valence-corrected chi connectivity index (χ4v) is 4.91. The molecule has 0 saturated heterocycles. The molecule has 6 aromatic rings. The van der Waals surface area contributed by atoms with Gasteiger partial charge in [0.2, 0.25) is 5.88 Å². The van der Waals surface area contributed by atoms with Crippen molar-refractivity contribution in [3.05, 3.63) is 120 Å². The van der Waals surface area contributed by atoms with Gasteiger partial charge in [0.05, 0.1) is 5.56 Å². The zero-order valence-corrected chi connectivity index (χ0v) is 18.5. The molecule has 0 fully saturated rings. The van der Waals surface area contributed by atoms with Gasteiger partial charge in [-0.2, -0.15) is 0 Å². The van der Waals surface area contributed by atoms with Gasteiger partial charge < -0.3 is 4.74 Å². The third-order valence-corrected chi connectivity index (χ3v) is 6.54. The van der Waals surface area contributed by atoms with Gasteiger partial charge in [-0.15, -0.1) is 5.10 Å². The van der Waals surface area contributed by atoms with Crippen molar-refractivity contribution < 1.29 is 4.74 Å². The Labute approximate surface area is 196 Å². The van der Waals surface area contributed by atoms with Gasteiger partial charge in [0.25, 0.3) is 0 Å². The Bertz CT molecular complexity index is 1690. The van der Waals surface area contributed by atoms with E-state index in [0.29, 0.717) is 11.7 Å². The largest absolute Gasteiger partial charge is 0.438 e. The summed E-state index contributed by atoms with van der Waals surface area (Å²) in [4.78, 5) is 9.65. The molecule has 2 aromatic heterocycles. The fraction of sp³-hybridized carbons (Fsp3) is 0.0690. The van der Waals surface area contributed by atoms with Crippen molar-refractivity contribution in [2.24, 2.45) is 0 Å². The molecular formula is C29H20N4O. The molecule has 0 unspecified atom stereocenters. The molecule has 0 bridgehead atoms. The summed E-state index contributed by atoms with van der Waals surface area (Å²) in [6, 6.07) is 31.4. The van der Waals surface area contributed by atoms with E-state index in [9.17, 15) is 0 Å². The van der Waals surface area contributed by atoms with Crippen LogP contribution < -0.4 is 4.74 Å².